The van der Waals surface area contributed by atoms with E-state index < -0.39 is 10.0 Å². The number of benzene rings is 1. The normalized spacial score (nSPS) is 20.7. The molecule has 2 N–H and O–H groups in total. The van der Waals surface area contributed by atoms with Gasteiger partial charge in [0.1, 0.15) is 0 Å². The van der Waals surface area contributed by atoms with Gasteiger partial charge < -0.3 is 15.5 Å². The molecule has 0 unspecified atom stereocenters. The Morgan fingerprint density at radius 1 is 1.16 bits per heavy atom. The van der Waals surface area contributed by atoms with E-state index in [0.29, 0.717) is 22.4 Å². The first kappa shape index (κ1) is 20.5. The molecule has 1 saturated carbocycles. The number of nitrogens with zero attached hydrogens (tertiary/aromatic N) is 4. The van der Waals surface area contributed by atoms with Gasteiger partial charge in [0.2, 0.25) is 5.95 Å². The number of anilines is 4. The molecule has 2 aliphatic heterocycles. The highest BCUT2D eigenvalue weighted by atomic mass is 35.5. The molecule has 2 aromatic rings. The summed E-state index contributed by atoms with van der Waals surface area (Å²) < 4.78 is 27.0. The first-order valence-electron chi connectivity index (χ1n) is 10.6. The van der Waals surface area contributed by atoms with Crippen LogP contribution in [-0.2, 0) is 10.0 Å². The molecule has 10 heteroatoms. The molecule has 3 heterocycles. The van der Waals surface area contributed by atoms with E-state index in [0.717, 1.165) is 63.2 Å². The Labute approximate surface area is 187 Å². The predicted octanol–water partition coefficient (Wildman–Crippen LogP) is 3.35. The van der Waals surface area contributed by atoms with E-state index in [2.05, 4.69) is 25.5 Å². The van der Waals surface area contributed by atoms with Crippen LogP contribution >= 0.6 is 11.6 Å². The molecule has 31 heavy (non-hydrogen) atoms. The molecular weight excluding hydrogens is 436 g/mol. The second-order valence-electron chi connectivity index (χ2n) is 8.08. The van der Waals surface area contributed by atoms with Crippen molar-refractivity contribution in [3.8, 4) is 0 Å². The Balaban J connectivity index is 1.42. The number of aromatic nitrogens is 2. The van der Waals surface area contributed by atoms with Crippen molar-refractivity contribution in [2.24, 2.45) is 0 Å². The molecule has 1 aromatic heterocycles. The topological polar surface area (TPSA) is 90.5 Å². The van der Waals surface area contributed by atoms with Crippen molar-refractivity contribution in [2.75, 3.05) is 40.7 Å². The van der Waals surface area contributed by atoms with Crippen LogP contribution in [0.15, 0.2) is 29.8 Å². The fourth-order valence-corrected chi connectivity index (χ4v) is 6.24. The van der Waals surface area contributed by atoms with Crippen LogP contribution in [0.4, 0.5) is 23.1 Å². The summed E-state index contributed by atoms with van der Waals surface area (Å²) in [6, 6.07) is 5.74. The van der Waals surface area contributed by atoms with E-state index in [4.69, 9.17) is 11.6 Å². The molecule has 1 aliphatic carbocycles. The predicted molar refractivity (Wildman–Crippen MR) is 125 cm³/mol. The van der Waals surface area contributed by atoms with Gasteiger partial charge in [-0.25, -0.2) is 17.7 Å². The van der Waals surface area contributed by atoms with Gasteiger partial charge >= 0.3 is 0 Å². The Hall–Kier alpha value is -2.36. The molecule has 2 fully saturated rings. The van der Waals surface area contributed by atoms with Crippen LogP contribution in [0, 0.1) is 0 Å². The first-order chi connectivity index (χ1) is 15.0. The summed E-state index contributed by atoms with van der Waals surface area (Å²) in [6.45, 7) is 3.71. The zero-order valence-corrected chi connectivity index (χ0v) is 18.7. The fraction of sp³-hybridized carbons (Fsp3) is 0.429. The second kappa shape index (κ2) is 8.29. The molecule has 164 valence electrons. The van der Waals surface area contributed by atoms with Gasteiger partial charge in [-0.3, -0.25) is 0 Å². The van der Waals surface area contributed by atoms with E-state index in [9.17, 15) is 8.42 Å². The molecule has 5 rings (SSSR count). The van der Waals surface area contributed by atoms with Gasteiger partial charge in [-0.05, 0) is 37.1 Å². The van der Waals surface area contributed by atoms with Crippen molar-refractivity contribution in [3.05, 3.63) is 40.4 Å². The molecule has 1 aromatic carbocycles. The number of sulfonamides is 1. The summed E-state index contributed by atoms with van der Waals surface area (Å²) in [5, 5.41) is 8.42. The Bertz CT molecular complexity index is 1110. The molecule has 8 nitrogen and oxygen atoms in total. The van der Waals surface area contributed by atoms with Crippen molar-refractivity contribution in [1.82, 2.24) is 15.3 Å². The number of fused-ring (bicyclic) bond motifs is 1. The molecule has 0 atom stereocenters. The lowest BCUT2D eigenvalue weighted by Gasteiger charge is -2.31. The number of hydrogen-bond acceptors (Lipinski definition) is 7. The summed E-state index contributed by atoms with van der Waals surface area (Å²) in [7, 11) is -3.53. The maximum atomic E-state index is 12.8. The highest BCUT2D eigenvalue weighted by molar-refractivity contribution is 7.95. The standard InChI is InChI=1S/C21H25ClN6O2S/c22-18-13-16(5-6-19(18)27-10-8-23-9-11-27)25-21-24-14-15-7-12-31(29,30)28(20(15)26-21)17-3-1-2-4-17/h5-7,12-14,17,23H,1-4,8-11H2,(H,24,25,26). The summed E-state index contributed by atoms with van der Waals surface area (Å²) in [5.74, 6) is 0.786. The zero-order valence-electron chi connectivity index (χ0n) is 17.1. The third-order valence-corrected chi connectivity index (χ3v) is 7.82. The lowest BCUT2D eigenvalue weighted by Crippen LogP contribution is -2.43. The lowest BCUT2D eigenvalue weighted by atomic mass is 10.2. The summed E-state index contributed by atoms with van der Waals surface area (Å²) in [6.07, 6.45) is 6.99. The third kappa shape index (κ3) is 4.09. The number of piperazine rings is 1. The van der Waals surface area contributed by atoms with Crippen LogP contribution in [0.25, 0.3) is 6.08 Å². The minimum absolute atomic E-state index is 0.0517. The van der Waals surface area contributed by atoms with Crippen LogP contribution in [-0.4, -0.2) is 50.6 Å². The first-order valence-corrected chi connectivity index (χ1v) is 12.5. The molecule has 0 spiro atoms. The monoisotopic (exact) mass is 460 g/mol. The van der Waals surface area contributed by atoms with Crippen molar-refractivity contribution in [1.29, 1.82) is 0 Å². The molecule has 0 bridgehead atoms. The number of halogens is 1. The molecule has 3 aliphatic rings. The molecule has 0 amide bonds. The number of rotatable bonds is 4. The number of hydrogen-bond donors (Lipinski definition) is 2. The third-order valence-electron chi connectivity index (χ3n) is 6.02. The Kier molecular flexibility index (Phi) is 5.49. The minimum atomic E-state index is -3.53. The van der Waals surface area contributed by atoms with Crippen molar-refractivity contribution >= 4 is 50.8 Å². The average molecular weight is 461 g/mol. The smallest absolute Gasteiger partial charge is 0.258 e. The van der Waals surface area contributed by atoms with Crippen LogP contribution in [0.3, 0.4) is 0 Å². The van der Waals surface area contributed by atoms with Crippen LogP contribution in [0.2, 0.25) is 5.02 Å². The van der Waals surface area contributed by atoms with Crippen LogP contribution in [0.5, 0.6) is 0 Å². The van der Waals surface area contributed by atoms with E-state index in [1.165, 1.54) is 9.71 Å². The molecule has 0 radical (unpaired) electrons. The molecular formula is C21H25ClN6O2S. The number of nitrogens with one attached hydrogen (secondary N) is 2. The van der Waals surface area contributed by atoms with Crippen molar-refractivity contribution in [2.45, 2.75) is 31.7 Å². The summed E-state index contributed by atoms with van der Waals surface area (Å²) >= 11 is 6.55. The largest absolute Gasteiger partial charge is 0.368 e. The highest BCUT2D eigenvalue weighted by Crippen LogP contribution is 2.36. The lowest BCUT2D eigenvalue weighted by molar-refractivity contribution is 0.581. The SMILES string of the molecule is O=S1(=O)C=Cc2cnc(Nc3ccc(N4CCNCC4)c(Cl)c3)nc2N1C1CCCC1. The maximum Gasteiger partial charge on any atom is 0.258 e. The van der Waals surface area contributed by atoms with Gasteiger partial charge in [0, 0.05) is 49.7 Å². The maximum absolute atomic E-state index is 12.8. The van der Waals surface area contributed by atoms with Gasteiger partial charge in [0.15, 0.2) is 5.82 Å². The van der Waals surface area contributed by atoms with E-state index in [-0.39, 0.29) is 6.04 Å². The molecule has 1 saturated heterocycles. The quantitative estimate of drug-likeness (QED) is 0.723. The Morgan fingerprint density at radius 3 is 2.68 bits per heavy atom. The van der Waals surface area contributed by atoms with Crippen molar-refractivity contribution in [3.63, 3.8) is 0 Å². The van der Waals surface area contributed by atoms with Crippen molar-refractivity contribution < 1.29 is 8.42 Å². The van der Waals surface area contributed by atoms with Crippen LogP contribution in [0.1, 0.15) is 31.2 Å². The fourth-order valence-electron chi connectivity index (χ4n) is 4.48. The average Bonchev–Trinajstić information content (AvgIpc) is 3.28. The highest BCUT2D eigenvalue weighted by Gasteiger charge is 2.35. The Morgan fingerprint density at radius 2 is 1.94 bits per heavy atom. The summed E-state index contributed by atoms with van der Waals surface area (Å²) in [4.78, 5) is 11.2. The van der Waals surface area contributed by atoms with Gasteiger partial charge in [-0.15, -0.1) is 0 Å². The summed E-state index contributed by atoms with van der Waals surface area (Å²) in [5.41, 5.74) is 2.47. The van der Waals surface area contributed by atoms with E-state index in [1.807, 2.05) is 18.2 Å². The minimum Gasteiger partial charge on any atom is -0.368 e. The zero-order chi connectivity index (χ0) is 21.4. The second-order valence-corrected chi connectivity index (χ2v) is 10.2. The van der Waals surface area contributed by atoms with Gasteiger partial charge in [-0.1, -0.05) is 24.4 Å². The van der Waals surface area contributed by atoms with Gasteiger partial charge in [0.25, 0.3) is 10.0 Å². The van der Waals surface area contributed by atoms with Gasteiger partial charge in [-0.2, -0.15) is 4.98 Å². The van der Waals surface area contributed by atoms with Gasteiger partial charge in [0.05, 0.1) is 16.1 Å². The van der Waals surface area contributed by atoms with E-state index >= 15 is 0 Å². The van der Waals surface area contributed by atoms with Crippen LogP contribution < -0.4 is 19.8 Å². The van der Waals surface area contributed by atoms with E-state index in [1.54, 1.807) is 12.3 Å².